The molecule has 1 N–H and O–H groups in total. The Balaban J connectivity index is 1.84. The quantitative estimate of drug-likeness (QED) is 0.774. The van der Waals surface area contributed by atoms with Gasteiger partial charge in [0.2, 0.25) is 0 Å². The van der Waals surface area contributed by atoms with Gasteiger partial charge in [0, 0.05) is 25.7 Å². The molecule has 0 bridgehead atoms. The minimum absolute atomic E-state index is 0.0202. The lowest BCUT2D eigenvalue weighted by Gasteiger charge is -2.43. The summed E-state index contributed by atoms with van der Waals surface area (Å²) in [6.45, 7) is 11.1. The summed E-state index contributed by atoms with van der Waals surface area (Å²) < 4.78 is 5.93. The fraction of sp³-hybridized carbons (Fsp3) is 1.00. The second kappa shape index (κ2) is 5.03. The molecule has 94 valence electrons. The number of nitrogens with one attached hydrogen (secondary N) is 1. The monoisotopic (exact) mass is 226 g/mol. The lowest BCUT2D eigenvalue weighted by molar-refractivity contribution is -0.130. The number of hydrogen-bond donors (Lipinski definition) is 1. The van der Waals surface area contributed by atoms with Crippen molar-refractivity contribution in [3.8, 4) is 0 Å². The van der Waals surface area contributed by atoms with Gasteiger partial charge in [0.1, 0.15) is 0 Å². The maximum absolute atomic E-state index is 5.93. The van der Waals surface area contributed by atoms with Crippen LogP contribution in [0.3, 0.4) is 0 Å². The highest BCUT2D eigenvalue weighted by atomic mass is 16.5. The molecule has 2 unspecified atom stereocenters. The molecule has 2 rings (SSSR count). The molecule has 0 aromatic heterocycles. The minimum Gasteiger partial charge on any atom is -0.370 e. The maximum atomic E-state index is 5.93. The summed E-state index contributed by atoms with van der Waals surface area (Å²) in [5.41, 5.74) is 0.0202. The van der Waals surface area contributed by atoms with Gasteiger partial charge in [-0.2, -0.15) is 0 Å². The lowest BCUT2D eigenvalue weighted by atomic mass is 10.0. The van der Waals surface area contributed by atoms with Crippen LogP contribution in [0.4, 0.5) is 0 Å². The summed E-state index contributed by atoms with van der Waals surface area (Å²) in [4.78, 5) is 2.57. The molecule has 0 aliphatic carbocycles. The van der Waals surface area contributed by atoms with Gasteiger partial charge in [-0.05, 0) is 40.2 Å². The van der Waals surface area contributed by atoms with Crippen LogP contribution in [0.2, 0.25) is 0 Å². The third kappa shape index (κ3) is 3.44. The Hall–Kier alpha value is -0.120. The van der Waals surface area contributed by atoms with E-state index in [0.29, 0.717) is 12.1 Å². The van der Waals surface area contributed by atoms with E-state index in [1.54, 1.807) is 0 Å². The molecule has 2 atom stereocenters. The predicted octanol–water partition coefficient (Wildman–Crippen LogP) is 1.63. The number of nitrogens with zero attached hydrogens (tertiary/aromatic N) is 1. The molecular formula is C13H26N2O. The Morgan fingerprint density at radius 1 is 1.38 bits per heavy atom. The topological polar surface area (TPSA) is 24.5 Å². The van der Waals surface area contributed by atoms with E-state index in [4.69, 9.17) is 4.74 Å². The molecule has 0 spiro atoms. The van der Waals surface area contributed by atoms with Crippen molar-refractivity contribution < 1.29 is 4.74 Å². The average molecular weight is 226 g/mol. The Kier molecular flexibility index (Phi) is 3.88. The molecule has 3 nitrogen and oxygen atoms in total. The Morgan fingerprint density at radius 2 is 2.19 bits per heavy atom. The molecule has 0 amide bonds. The van der Waals surface area contributed by atoms with E-state index < -0.39 is 0 Å². The largest absolute Gasteiger partial charge is 0.370 e. The van der Waals surface area contributed by atoms with E-state index in [9.17, 15) is 0 Å². The first-order chi connectivity index (χ1) is 7.55. The second-order valence-electron chi connectivity index (χ2n) is 6.03. The summed E-state index contributed by atoms with van der Waals surface area (Å²) in [7, 11) is 0. The van der Waals surface area contributed by atoms with Gasteiger partial charge in [-0.3, -0.25) is 4.90 Å². The first kappa shape index (κ1) is 12.3. The third-order valence-corrected chi connectivity index (χ3v) is 3.53. The number of ether oxygens (including phenoxy) is 1. The van der Waals surface area contributed by atoms with E-state index in [0.717, 1.165) is 13.1 Å². The summed E-state index contributed by atoms with van der Waals surface area (Å²) in [5, 5.41) is 3.63. The van der Waals surface area contributed by atoms with Gasteiger partial charge in [0.05, 0.1) is 11.7 Å². The van der Waals surface area contributed by atoms with Crippen molar-refractivity contribution in [1.29, 1.82) is 0 Å². The highest BCUT2D eigenvalue weighted by Gasteiger charge is 2.32. The standard InChI is InChI=1S/C13H26N2O/c1-11-8-15(10-13(2,3)16-11)9-12-6-4-5-7-14-12/h11-12,14H,4-10H2,1-3H3. The highest BCUT2D eigenvalue weighted by Crippen LogP contribution is 2.21. The number of rotatable bonds is 2. The predicted molar refractivity (Wildman–Crippen MR) is 66.7 cm³/mol. The zero-order valence-electron chi connectivity index (χ0n) is 11.0. The first-order valence-corrected chi connectivity index (χ1v) is 6.69. The van der Waals surface area contributed by atoms with Crippen molar-refractivity contribution in [3.63, 3.8) is 0 Å². The van der Waals surface area contributed by atoms with Gasteiger partial charge in [-0.1, -0.05) is 6.42 Å². The SMILES string of the molecule is CC1CN(CC2CCCCN2)CC(C)(C)O1. The van der Waals surface area contributed by atoms with Crippen molar-refractivity contribution in [2.45, 2.75) is 57.8 Å². The van der Waals surface area contributed by atoms with E-state index >= 15 is 0 Å². The van der Waals surface area contributed by atoms with Crippen LogP contribution in [0.15, 0.2) is 0 Å². The maximum Gasteiger partial charge on any atom is 0.0757 e. The van der Waals surface area contributed by atoms with Gasteiger partial charge in [-0.15, -0.1) is 0 Å². The fourth-order valence-electron chi connectivity index (χ4n) is 3.12. The smallest absolute Gasteiger partial charge is 0.0757 e. The van der Waals surface area contributed by atoms with Crippen molar-refractivity contribution >= 4 is 0 Å². The molecule has 0 aromatic rings. The van der Waals surface area contributed by atoms with Gasteiger partial charge in [0.25, 0.3) is 0 Å². The second-order valence-corrected chi connectivity index (χ2v) is 6.03. The zero-order chi connectivity index (χ0) is 11.6. The third-order valence-electron chi connectivity index (χ3n) is 3.53. The van der Waals surface area contributed by atoms with Crippen molar-refractivity contribution in [2.75, 3.05) is 26.2 Å². The number of piperidine rings is 1. The first-order valence-electron chi connectivity index (χ1n) is 6.69. The number of hydrogen-bond acceptors (Lipinski definition) is 3. The minimum atomic E-state index is 0.0202. The van der Waals surface area contributed by atoms with Crippen LogP contribution < -0.4 is 5.32 Å². The molecule has 2 aliphatic rings. The average Bonchev–Trinajstić information content (AvgIpc) is 2.15. The van der Waals surface area contributed by atoms with Crippen molar-refractivity contribution in [1.82, 2.24) is 10.2 Å². The molecule has 0 saturated carbocycles. The lowest BCUT2D eigenvalue weighted by Crippen LogP contribution is -2.55. The molecule has 0 aromatic carbocycles. The molecular weight excluding hydrogens is 200 g/mol. The molecule has 2 heterocycles. The van der Waals surface area contributed by atoms with E-state index in [-0.39, 0.29) is 5.60 Å². The highest BCUT2D eigenvalue weighted by molar-refractivity contribution is 4.85. The summed E-state index contributed by atoms with van der Waals surface area (Å²) >= 11 is 0. The summed E-state index contributed by atoms with van der Waals surface area (Å²) in [6.07, 6.45) is 4.45. The van der Waals surface area contributed by atoms with Crippen LogP contribution in [0.5, 0.6) is 0 Å². The molecule has 16 heavy (non-hydrogen) atoms. The molecule has 0 radical (unpaired) electrons. The zero-order valence-corrected chi connectivity index (χ0v) is 11.0. The molecule has 3 heteroatoms. The number of morpholine rings is 1. The van der Waals surface area contributed by atoms with Crippen molar-refractivity contribution in [3.05, 3.63) is 0 Å². The Labute approximate surface area is 99.5 Å². The summed E-state index contributed by atoms with van der Waals surface area (Å²) in [5.74, 6) is 0. The van der Waals surface area contributed by atoms with Crippen LogP contribution in [-0.4, -0.2) is 48.8 Å². The van der Waals surface area contributed by atoms with Gasteiger partial charge < -0.3 is 10.1 Å². The van der Waals surface area contributed by atoms with E-state index in [1.807, 2.05) is 0 Å². The Morgan fingerprint density at radius 3 is 2.81 bits per heavy atom. The van der Waals surface area contributed by atoms with Crippen LogP contribution in [0.25, 0.3) is 0 Å². The van der Waals surface area contributed by atoms with Crippen LogP contribution in [0, 0.1) is 0 Å². The normalized spacial score (nSPS) is 36.2. The van der Waals surface area contributed by atoms with Crippen LogP contribution in [-0.2, 0) is 4.74 Å². The van der Waals surface area contributed by atoms with Crippen molar-refractivity contribution in [2.24, 2.45) is 0 Å². The van der Waals surface area contributed by atoms with E-state index in [1.165, 1.54) is 32.4 Å². The Bertz CT molecular complexity index is 224. The van der Waals surface area contributed by atoms with Gasteiger partial charge in [0.15, 0.2) is 0 Å². The summed E-state index contributed by atoms with van der Waals surface area (Å²) in [6, 6.07) is 0.704. The van der Waals surface area contributed by atoms with Crippen LogP contribution >= 0.6 is 0 Å². The van der Waals surface area contributed by atoms with Crippen LogP contribution in [0.1, 0.15) is 40.0 Å². The van der Waals surface area contributed by atoms with E-state index in [2.05, 4.69) is 31.0 Å². The molecule has 2 saturated heterocycles. The fourth-order valence-corrected chi connectivity index (χ4v) is 3.12. The van der Waals surface area contributed by atoms with Gasteiger partial charge in [-0.25, -0.2) is 0 Å². The molecule has 2 aliphatic heterocycles. The van der Waals surface area contributed by atoms with Gasteiger partial charge >= 0.3 is 0 Å². The molecule has 2 fully saturated rings.